The Morgan fingerprint density at radius 3 is 2.00 bits per heavy atom. The van der Waals surface area contributed by atoms with Crippen LogP contribution < -0.4 is 0 Å². The van der Waals surface area contributed by atoms with E-state index in [1.165, 1.54) is 11.1 Å². The second-order valence-electron chi connectivity index (χ2n) is 8.83. The van der Waals surface area contributed by atoms with E-state index in [1.54, 1.807) is 11.9 Å². The van der Waals surface area contributed by atoms with Crippen LogP contribution in [0.1, 0.15) is 33.9 Å². The monoisotopic (exact) mass is 457 g/mol. The number of benzene rings is 3. The number of hydrogen-bond acceptors (Lipinski definition) is 5. The fraction of sp³-hybridized carbons (Fsp3) is 0.321. The van der Waals surface area contributed by atoms with Crippen molar-refractivity contribution in [2.24, 2.45) is 0 Å². The van der Waals surface area contributed by atoms with Gasteiger partial charge in [0.2, 0.25) is 0 Å². The molecule has 4 nitrogen and oxygen atoms in total. The molecule has 2 heterocycles. The minimum absolute atomic E-state index is 0.242. The molecule has 3 aromatic rings. The average molecular weight is 458 g/mol. The number of ketones is 1. The lowest BCUT2D eigenvalue weighted by Gasteiger charge is -2.40. The number of carbonyl (C=O) groups excluding carboxylic acids is 1. The number of fused-ring (bicyclic) bond motifs is 1. The van der Waals surface area contributed by atoms with Gasteiger partial charge in [-0.3, -0.25) is 9.69 Å². The van der Waals surface area contributed by atoms with Crippen molar-refractivity contribution in [3.05, 3.63) is 102 Å². The molecular formula is C28H31N3OS. The van der Waals surface area contributed by atoms with Gasteiger partial charge in [-0.25, -0.2) is 4.31 Å². The molecule has 0 atom stereocenters. The smallest absolute Gasteiger partial charge is 0.178 e. The summed E-state index contributed by atoms with van der Waals surface area (Å²) >= 11 is 1.73. The van der Waals surface area contributed by atoms with Crippen LogP contribution in [0.3, 0.4) is 0 Å². The Hall–Kier alpha value is -2.44. The minimum atomic E-state index is 0.242. The van der Waals surface area contributed by atoms with Crippen molar-refractivity contribution < 1.29 is 4.79 Å². The lowest BCUT2D eigenvalue weighted by molar-refractivity contribution is 0.0952. The van der Waals surface area contributed by atoms with E-state index in [0.717, 1.165) is 56.1 Å². The Bertz CT molecular complexity index is 1010. The minimum Gasteiger partial charge on any atom is -0.301 e. The molecular weight excluding hydrogens is 426 g/mol. The second-order valence-corrected chi connectivity index (χ2v) is 9.97. The molecule has 0 radical (unpaired) electrons. The van der Waals surface area contributed by atoms with Gasteiger partial charge in [0.25, 0.3) is 0 Å². The molecule has 5 rings (SSSR count). The van der Waals surface area contributed by atoms with Gasteiger partial charge < -0.3 is 4.90 Å². The molecule has 0 saturated carbocycles. The van der Waals surface area contributed by atoms with Gasteiger partial charge >= 0.3 is 0 Å². The number of carbonyl (C=O) groups is 1. The lowest BCUT2D eigenvalue weighted by atomic mass is 9.96. The van der Waals surface area contributed by atoms with Gasteiger partial charge in [-0.2, -0.15) is 0 Å². The molecule has 0 N–H and O–H groups in total. The van der Waals surface area contributed by atoms with Crippen molar-refractivity contribution >= 4 is 17.7 Å². The van der Waals surface area contributed by atoms with E-state index in [9.17, 15) is 4.79 Å². The molecule has 1 fully saturated rings. The molecule has 2 aliphatic heterocycles. The maximum Gasteiger partial charge on any atom is 0.178 e. The molecule has 0 bridgehead atoms. The molecule has 33 heavy (non-hydrogen) atoms. The lowest BCUT2D eigenvalue weighted by Crippen LogP contribution is -2.48. The van der Waals surface area contributed by atoms with Crippen molar-refractivity contribution in [2.75, 3.05) is 45.8 Å². The first-order chi connectivity index (χ1) is 16.3. The van der Waals surface area contributed by atoms with Crippen LogP contribution in [0, 0.1) is 0 Å². The summed E-state index contributed by atoms with van der Waals surface area (Å²) in [4.78, 5) is 18.7. The Balaban J connectivity index is 1.14. The van der Waals surface area contributed by atoms with Gasteiger partial charge in [0.1, 0.15) is 0 Å². The molecule has 0 aromatic heterocycles. The third-order valence-corrected chi connectivity index (χ3v) is 7.74. The van der Waals surface area contributed by atoms with Crippen molar-refractivity contribution in [2.45, 2.75) is 17.4 Å². The van der Waals surface area contributed by atoms with Crippen molar-refractivity contribution in [3.8, 4) is 0 Å². The van der Waals surface area contributed by atoms with Gasteiger partial charge in [-0.05, 0) is 42.1 Å². The third kappa shape index (κ3) is 5.39. The summed E-state index contributed by atoms with van der Waals surface area (Å²) in [5.74, 6) is 0.242. The predicted molar refractivity (Wildman–Crippen MR) is 136 cm³/mol. The van der Waals surface area contributed by atoms with E-state index in [1.807, 2.05) is 18.2 Å². The van der Waals surface area contributed by atoms with Crippen LogP contribution in [0.15, 0.2) is 89.8 Å². The zero-order valence-corrected chi connectivity index (χ0v) is 19.8. The third-order valence-electron chi connectivity index (χ3n) is 6.62. The number of Topliss-reactive ketones (excluding diaryl/α,β-unsaturated/α-hetero) is 1. The molecule has 5 heteroatoms. The summed E-state index contributed by atoms with van der Waals surface area (Å²) in [5, 5.41) is 0. The summed E-state index contributed by atoms with van der Waals surface area (Å²) in [6.45, 7) is 6.86. The highest BCUT2D eigenvalue weighted by Gasteiger charge is 2.27. The van der Waals surface area contributed by atoms with Crippen LogP contribution in [-0.4, -0.2) is 65.7 Å². The SMILES string of the molecule is O=C1CN(CCCN2CCN(C(c3ccccc3)c3ccccc3)CC2)Sc2ccccc21. The molecule has 1 saturated heterocycles. The van der Waals surface area contributed by atoms with Crippen LogP contribution >= 0.6 is 11.9 Å². The number of rotatable bonds is 7. The van der Waals surface area contributed by atoms with Crippen LogP contribution in [0.4, 0.5) is 0 Å². The molecule has 0 aliphatic carbocycles. The first kappa shape index (κ1) is 22.4. The summed E-state index contributed by atoms with van der Waals surface area (Å²) < 4.78 is 2.22. The zero-order valence-electron chi connectivity index (χ0n) is 19.0. The molecule has 0 unspecified atom stereocenters. The van der Waals surface area contributed by atoms with Gasteiger partial charge in [0.05, 0.1) is 12.6 Å². The Kier molecular flexibility index (Phi) is 7.22. The highest BCUT2D eigenvalue weighted by Crippen LogP contribution is 2.32. The van der Waals surface area contributed by atoms with Gasteiger partial charge in [-0.1, -0.05) is 78.9 Å². The first-order valence-electron chi connectivity index (χ1n) is 11.9. The fourth-order valence-corrected chi connectivity index (χ4v) is 6.02. The maximum atomic E-state index is 12.4. The van der Waals surface area contributed by atoms with Crippen molar-refractivity contribution in [1.82, 2.24) is 14.1 Å². The fourth-order valence-electron chi connectivity index (χ4n) is 4.92. The largest absolute Gasteiger partial charge is 0.301 e. The Morgan fingerprint density at radius 2 is 1.33 bits per heavy atom. The van der Waals surface area contributed by atoms with E-state index < -0.39 is 0 Å². The van der Waals surface area contributed by atoms with Crippen molar-refractivity contribution in [3.63, 3.8) is 0 Å². The Morgan fingerprint density at radius 1 is 0.727 bits per heavy atom. The van der Waals surface area contributed by atoms with Crippen LogP contribution in [0.25, 0.3) is 0 Å². The van der Waals surface area contributed by atoms with E-state index in [2.05, 4.69) is 80.8 Å². The van der Waals surface area contributed by atoms with Gasteiger partial charge in [0, 0.05) is 43.2 Å². The Labute approximate surface area is 201 Å². The van der Waals surface area contributed by atoms with Crippen LogP contribution in [0.2, 0.25) is 0 Å². The van der Waals surface area contributed by atoms with E-state index in [-0.39, 0.29) is 5.78 Å². The number of hydrogen-bond donors (Lipinski definition) is 0. The predicted octanol–water partition coefficient (Wildman–Crippen LogP) is 4.99. The highest BCUT2D eigenvalue weighted by atomic mass is 32.2. The summed E-state index contributed by atoms with van der Waals surface area (Å²) in [7, 11) is 0. The van der Waals surface area contributed by atoms with Gasteiger partial charge in [-0.15, -0.1) is 0 Å². The standard InChI is InChI=1S/C28H31N3OS/c32-26-22-31(33-27-15-8-7-14-25(26)27)17-9-16-29-18-20-30(21-19-29)28(23-10-3-1-4-11-23)24-12-5-2-6-13-24/h1-8,10-15,28H,9,16-22H2. The average Bonchev–Trinajstić information content (AvgIpc) is 2.87. The van der Waals surface area contributed by atoms with E-state index >= 15 is 0 Å². The van der Waals surface area contributed by atoms with Gasteiger partial charge in [0.15, 0.2) is 5.78 Å². The normalized spacial score (nSPS) is 17.9. The highest BCUT2D eigenvalue weighted by molar-refractivity contribution is 7.97. The summed E-state index contributed by atoms with van der Waals surface area (Å²) in [6, 6.07) is 30.0. The maximum absolute atomic E-state index is 12.4. The van der Waals surface area contributed by atoms with Crippen LogP contribution in [0.5, 0.6) is 0 Å². The molecule has 0 amide bonds. The quantitative estimate of drug-likeness (QED) is 0.466. The zero-order chi connectivity index (χ0) is 22.5. The molecule has 0 spiro atoms. The topological polar surface area (TPSA) is 26.8 Å². The molecule has 170 valence electrons. The number of piperazine rings is 1. The first-order valence-corrected chi connectivity index (χ1v) is 12.7. The summed E-state index contributed by atoms with van der Waals surface area (Å²) in [6.07, 6.45) is 1.09. The van der Waals surface area contributed by atoms with Crippen molar-refractivity contribution in [1.29, 1.82) is 0 Å². The second kappa shape index (κ2) is 10.7. The summed E-state index contributed by atoms with van der Waals surface area (Å²) in [5.41, 5.74) is 3.61. The molecule has 2 aliphatic rings. The molecule has 3 aromatic carbocycles. The number of nitrogens with zero attached hydrogens (tertiary/aromatic N) is 3. The van der Waals surface area contributed by atoms with Crippen LogP contribution in [-0.2, 0) is 0 Å². The van der Waals surface area contributed by atoms with E-state index in [4.69, 9.17) is 0 Å². The van der Waals surface area contributed by atoms with E-state index in [0.29, 0.717) is 12.6 Å².